The number of aromatic nitrogens is 3. The zero-order chi connectivity index (χ0) is 26.8. The number of hydrogen-bond acceptors (Lipinski definition) is 5. The molecule has 2 aromatic heterocycles. The number of piperazine rings is 1. The molecule has 6 rings (SSSR count). The fourth-order valence-corrected chi connectivity index (χ4v) is 5.29. The van der Waals surface area contributed by atoms with E-state index >= 15 is 0 Å². The fourth-order valence-electron chi connectivity index (χ4n) is 5.29. The Labute approximate surface area is 228 Å². The molecule has 0 aliphatic carbocycles. The third-order valence-corrected chi connectivity index (χ3v) is 7.32. The standard InChI is InChI=1S/C32H31N5O2/c1-3-39-26-15-13-25(14-16-26)37-21-28(24-10-5-4-6-11-24)29-30(33-22-34-31(29)37)35-17-19-36(20-18-35)32(38)27-12-8-7-9-23(27)2/h4-16,21-22H,3,17-20H2,1-2H3. The number of ether oxygens (including phenoxy) is 1. The Hall–Kier alpha value is -4.65. The summed E-state index contributed by atoms with van der Waals surface area (Å²) >= 11 is 0. The highest BCUT2D eigenvalue weighted by Crippen LogP contribution is 2.37. The molecule has 3 heterocycles. The zero-order valence-electron chi connectivity index (χ0n) is 22.2. The molecule has 1 saturated heterocycles. The van der Waals surface area contributed by atoms with E-state index in [0.29, 0.717) is 32.8 Å². The lowest BCUT2D eigenvalue weighted by atomic mass is 10.1. The van der Waals surface area contributed by atoms with E-state index in [1.807, 2.05) is 61.2 Å². The van der Waals surface area contributed by atoms with Crippen LogP contribution in [-0.4, -0.2) is 58.1 Å². The quantitative estimate of drug-likeness (QED) is 0.287. The number of benzene rings is 3. The third kappa shape index (κ3) is 4.72. The summed E-state index contributed by atoms with van der Waals surface area (Å²) < 4.78 is 7.77. The van der Waals surface area contributed by atoms with Gasteiger partial charge in [-0.1, -0.05) is 48.5 Å². The number of aryl methyl sites for hydroxylation is 1. The molecule has 1 aliphatic heterocycles. The lowest BCUT2D eigenvalue weighted by molar-refractivity contribution is 0.0746. The Morgan fingerprint density at radius 3 is 2.31 bits per heavy atom. The molecule has 0 bridgehead atoms. The summed E-state index contributed by atoms with van der Waals surface area (Å²) in [4.78, 5) is 27.0. The van der Waals surface area contributed by atoms with Crippen LogP contribution in [0.5, 0.6) is 5.75 Å². The molecular formula is C32H31N5O2. The van der Waals surface area contributed by atoms with Gasteiger partial charge in [-0.05, 0) is 55.3 Å². The first kappa shape index (κ1) is 24.7. The van der Waals surface area contributed by atoms with Gasteiger partial charge >= 0.3 is 0 Å². The van der Waals surface area contributed by atoms with Crippen molar-refractivity contribution in [2.75, 3.05) is 37.7 Å². The molecule has 1 aliphatic rings. The van der Waals surface area contributed by atoms with Crippen molar-refractivity contribution in [1.82, 2.24) is 19.4 Å². The van der Waals surface area contributed by atoms with Crippen molar-refractivity contribution in [3.8, 4) is 22.6 Å². The topological polar surface area (TPSA) is 63.5 Å². The predicted molar refractivity (Wildman–Crippen MR) is 155 cm³/mol. The Kier molecular flexibility index (Phi) is 6.71. The second kappa shape index (κ2) is 10.6. The summed E-state index contributed by atoms with van der Waals surface area (Å²) in [5.74, 6) is 1.83. The molecule has 0 radical (unpaired) electrons. The van der Waals surface area contributed by atoms with E-state index in [0.717, 1.165) is 50.5 Å². The van der Waals surface area contributed by atoms with Gasteiger partial charge in [-0.3, -0.25) is 4.79 Å². The van der Waals surface area contributed by atoms with Crippen molar-refractivity contribution in [2.24, 2.45) is 0 Å². The number of amides is 1. The molecule has 0 N–H and O–H groups in total. The Bertz CT molecular complexity index is 1600. The lowest BCUT2D eigenvalue weighted by Crippen LogP contribution is -2.49. The van der Waals surface area contributed by atoms with Crippen molar-refractivity contribution in [1.29, 1.82) is 0 Å². The first-order valence-corrected chi connectivity index (χ1v) is 13.4. The van der Waals surface area contributed by atoms with Gasteiger partial charge in [-0.25, -0.2) is 9.97 Å². The smallest absolute Gasteiger partial charge is 0.254 e. The Morgan fingerprint density at radius 2 is 1.59 bits per heavy atom. The number of rotatable bonds is 6. The van der Waals surface area contributed by atoms with Crippen molar-refractivity contribution in [2.45, 2.75) is 13.8 Å². The maximum absolute atomic E-state index is 13.2. The molecule has 5 aromatic rings. The minimum atomic E-state index is 0.0900. The summed E-state index contributed by atoms with van der Waals surface area (Å²) in [6.45, 7) is 7.28. The second-order valence-electron chi connectivity index (χ2n) is 9.70. The van der Waals surface area contributed by atoms with Crippen LogP contribution in [0.4, 0.5) is 5.82 Å². The van der Waals surface area contributed by atoms with Crippen LogP contribution in [0.2, 0.25) is 0 Å². The van der Waals surface area contributed by atoms with Crippen LogP contribution in [0.3, 0.4) is 0 Å². The van der Waals surface area contributed by atoms with Gasteiger partial charge in [0.15, 0.2) is 5.65 Å². The average molecular weight is 518 g/mol. The molecule has 1 fully saturated rings. The highest BCUT2D eigenvalue weighted by molar-refractivity contribution is 6.02. The maximum Gasteiger partial charge on any atom is 0.254 e. The van der Waals surface area contributed by atoms with Gasteiger partial charge < -0.3 is 19.1 Å². The summed E-state index contributed by atoms with van der Waals surface area (Å²) in [7, 11) is 0. The van der Waals surface area contributed by atoms with E-state index in [9.17, 15) is 4.79 Å². The summed E-state index contributed by atoms with van der Waals surface area (Å²) in [6.07, 6.45) is 3.79. The molecule has 0 spiro atoms. The van der Waals surface area contributed by atoms with Gasteiger partial charge in [-0.2, -0.15) is 0 Å². The number of carbonyl (C=O) groups is 1. The number of nitrogens with zero attached hydrogens (tertiary/aromatic N) is 5. The summed E-state index contributed by atoms with van der Waals surface area (Å²) in [6, 6.07) is 26.2. The van der Waals surface area contributed by atoms with Crippen LogP contribution in [0, 0.1) is 6.92 Å². The SMILES string of the molecule is CCOc1ccc(-n2cc(-c3ccccc3)c3c(N4CCN(C(=O)c5ccccc5C)CC4)ncnc32)cc1. The molecule has 0 atom stereocenters. The largest absolute Gasteiger partial charge is 0.494 e. The monoisotopic (exact) mass is 517 g/mol. The van der Waals surface area contributed by atoms with Crippen LogP contribution in [0.25, 0.3) is 27.8 Å². The highest BCUT2D eigenvalue weighted by atomic mass is 16.5. The van der Waals surface area contributed by atoms with Crippen LogP contribution in [0.15, 0.2) is 91.4 Å². The molecule has 1 amide bonds. The predicted octanol–water partition coefficient (Wildman–Crippen LogP) is 5.76. The van der Waals surface area contributed by atoms with Crippen molar-refractivity contribution in [3.63, 3.8) is 0 Å². The Balaban J connectivity index is 1.36. The van der Waals surface area contributed by atoms with E-state index in [4.69, 9.17) is 14.7 Å². The fraction of sp³-hybridized carbons (Fsp3) is 0.219. The lowest BCUT2D eigenvalue weighted by Gasteiger charge is -2.36. The van der Waals surface area contributed by atoms with E-state index in [1.54, 1.807) is 6.33 Å². The molecule has 0 unspecified atom stereocenters. The van der Waals surface area contributed by atoms with Crippen molar-refractivity contribution >= 4 is 22.8 Å². The molecular weight excluding hydrogens is 486 g/mol. The average Bonchev–Trinajstić information content (AvgIpc) is 3.38. The van der Waals surface area contributed by atoms with Gasteiger partial charge in [0.25, 0.3) is 5.91 Å². The first-order chi connectivity index (χ1) is 19.1. The normalized spacial score (nSPS) is 13.6. The van der Waals surface area contributed by atoms with E-state index in [-0.39, 0.29) is 5.91 Å². The van der Waals surface area contributed by atoms with E-state index in [1.165, 1.54) is 0 Å². The molecule has 3 aromatic carbocycles. The first-order valence-electron chi connectivity index (χ1n) is 13.4. The number of carbonyl (C=O) groups excluding carboxylic acids is 1. The maximum atomic E-state index is 13.2. The molecule has 7 nitrogen and oxygen atoms in total. The van der Waals surface area contributed by atoms with Crippen LogP contribution in [-0.2, 0) is 0 Å². The van der Waals surface area contributed by atoms with Crippen molar-refractivity contribution < 1.29 is 9.53 Å². The van der Waals surface area contributed by atoms with Gasteiger partial charge in [-0.15, -0.1) is 0 Å². The minimum Gasteiger partial charge on any atom is -0.494 e. The molecule has 196 valence electrons. The van der Waals surface area contributed by atoms with Crippen LogP contribution in [0.1, 0.15) is 22.8 Å². The van der Waals surface area contributed by atoms with Gasteiger partial charge in [0.05, 0.1) is 12.0 Å². The van der Waals surface area contributed by atoms with Crippen molar-refractivity contribution in [3.05, 3.63) is 103 Å². The second-order valence-corrected chi connectivity index (χ2v) is 9.70. The van der Waals surface area contributed by atoms with E-state index < -0.39 is 0 Å². The minimum absolute atomic E-state index is 0.0900. The molecule has 0 saturated carbocycles. The number of fused-ring (bicyclic) bond motifs is 1. The van der Waals surface area contributed by atoms with Gasteiger partial charge in [0, 0.05) is 49.2 Å². The van der Waals surface area contributed by atoms with Crippen LogP contribution < -0.4 is 9.64 Å². The van der Waals surface area contributed by atoms with Crippen LogP contribution >= 0.6 is 0 Å². The molecule has 7 heteroatoms. The number of anilines is 1. The van der Waals surface area contributed by atoms with Gasteiger partial charge in [0.1, 0.15) is 17.9 Å². The van der Waals surface area contributed by atoms with Gasteiger partial charge in [0.2, 0.25) is 0 Å². The third-order valence-electron chi connectivity index (χ3n) is 7.32. The highest BCUT2D eigenvalue weighted by Gasteiger charge is 2.27. The zero-order valence-corrected chi connectivity index (χ0v) is 22.2. The Morgan fingerprint density at radius 1 is 0.872 bits per heavy atom. The van der Waals surface area contributed by atoms with E-state index in [2.05, 4.69) is 52.1 Å². The number of hydrogen-bond donors (Lipinski definition) is 0. The molecule has 39 heavy (non-hydrogen) atoms. The summed E-state index contributed by atoms with van der Waals surface area (Å²) in [5.41, 5.74) is 5.82. The summed E-state index contributed by atoms with van der Waals surface area (Å²) in [5, 5.41) is 1.01.